The van der Waals surface area contributed by atoms with E-state index in [0.717, 1.165) is 19.4 Å². The molecular weight excluding hydrogens is 212 g/mol. The Labute approximate surface area is 96.0 Å². The lowest BCUT2D eigenvalue weighted by Gasteiger charge is -2.13. The third kappa shape index (κ3) is 15.1. The Morgan fingerprint density at radius 2 is 1.94 bits per heavy atom. The van der Waals surface area contributed by atoms with Crippen LogP contribution in [-0.4, -0.2) is 36.4 Å². The average molecular weight is 232 g/mol. The molecule has 0 aromatic carbocycles. The molecule has 0 aliphatic carbocycles. The van der Waals surface area contributed by atoms with E-state index in [-0.39, 0.29) is 6.10 Å². The lowest BCUT2D eigenvalue weighted by molar-refractivity contribution is -0.142. The van der Waals surface area contributed by atoms with Crippen LogP contribution >= 0.6 is 0 Å². The van der Waals surface area contributed by atoms with Crippen LogP contribution in [0.4, 0.5) is 0 Å². The zero-order valence-electron chi connectivity index (χ0n) is 10.1. The Bertz CT molecular complexity index is 208. The molecule has 0 heterocycles. The molecule has 1 unspecified atom stereocenters. The summed E-state index contributed by atoms with van der Waals surface area (Å²) in [4.78, 5) is 19.6. The number of aliphatic carboxylic acids is 1. The number of carboxylic acids is 1. The molecule has 1 N–H and O–H groups in total. The molecule has 0 spiro atoms. The highest BCUT2D eigenvalue weighted by Gasteiger charge is 2.07. The van der Waals surface area contributed by atoms with E-state index in [2.05, 4.69) is 6.58 Å². The van der Waals surface area contributed by atoms with Crippen LogP contribution in [0, 0.1) is 0 Å². The van der Waals surface area contributed by atoms with Gasteiger partial charge in [0.2, 0.25) is 0 Å². The van der Waals surface area contributed by atoms with Gasteiger partial charge in [0.25, 0.3) is 5.97 Å². The smallest absolute Gasteiger partial charge is 0.330 e. The minimum absolute atomic E-state index is 0.0129. The molecule has 0 saturated carbocycles. The van der Waals surface area contributed by atoms with Gasteiger partial charge >= 0.3 is 5.97 Å². The van der Waals surface area contributed by atoms with Crippen molar-refractivity contribution in [2.24, 2.45) is 0 Å². The standard InChI is InChI=1S/C9H16O3.C2H4O2/c1-4-8(11-6-3)7-12-9(10)5-2;1-2(3)4/h5,8H,2,4,6-7H2,1,3H3;1H3,(H,3,4). The quantitative estimate of drug-likeness (QED) is 0.556. The van der Waals surface area contributed by atoms with E-state index in [0.29, 0.717) is 13.2 Å². The summed E-state index contributed by atoms with van der Waals surface area (Å²) >= 11 is 0. The second-order valence-electron chi connectivity index (χ2n) is 2.84. The van der Waals surface area contributed by atoms with E-state index in [1.54, 1.807) is 0 Å². The Morgan fingerprint density at radius 3 is 2.25 bits per heavy atom. The van der Waals surface area contributed by atoms with Crippen molar-refractivity contribution in [3.63, 3.8) is 0 Å². The van der Waals surface area contributed by atoms with Gasteiger partial charge in [0, 0.05) is 19.6 Å². The molecule has 0 aliphatic rings. The number of carbonyl (C=O) groups is 2. The number of ether oxygens (including phenoxy) is 2. The van der Waals surface area contributed by atoms with Crippen LogP contribution in [0.15, 0.2) is 12.7 Å². The first kappa shape index (κ1) is 17.0. The third-order valence-corrected chi connectivity index (χ3v) is 1.44. The summed E-state index contributed by atoms with van der Waals surface area (Å²) in [6, 6.07) is 0. The van der Waals surface area contributed by atoms with Crippen molar-refractivity contribution in [1.82, 2.24) is 0 Å². The van der Waals surface area contributed by atoms with Gasteiger partial charge in [-0.25, -0.2) is 4.79 Å². The monoisotopic (exact) mass is 232 g/mol. The summed E-state index contributed by atoms with van der Waals surface area (Å²) in [7, 11) is 0. The van der Waals surface area contributed by atoms with E-state index < -0.39 is 11.9 Å². The van der Waals surface area contributed by atoms with Gasteiger partial charge in [0.1, 0.15) is 6.61 Å². The van der Waals surface area contributed by atoms with Crippen molar-refractivity contribution in [2.45, 2.75) is 33.3 Å². The molecule has 0 aromatic rings. The molecule has 1 atom stereocenters. The van der Waals surface area contributed by atoms with Crippen LogP contribution in [0.1, 0.15) is 27.2 Å². The molecule has 0 bridgehead atoms. The number of rotatable bonds is 6. The fourth-order valence-electron chi connectivity index (χ4n) is 0.754. The summed E-state index contributed by atoms with van der Waals surface area (Å²) in [5.74, 6) is -1.23. The molecule has 94 valence electrons. The SMILES string of the molecule is C=CC(=O)OCC(CC)OCC.CC(=O)O. The largest absolute Gasteiger partial charge is 0.481 e. The van der Waals surface area contributed by atoms with Gasteiger partial charge in [0.15, 0.2) is 0 Å². The van der Waals surface area contributed by atoms with Gasteiger partial charge in [-0.2, -0.15) is 0 Å². The lowest BCUT2D eigenvalue weighted by atomic mass is 10.3. The second-order valence-corrected chi connectivity index (χ2v) is 2.84. The zero-order chi connectivity index (χ0) is 13.0. The summed E-state index contributed by atoms with van der Waals surface area (Å²) in [5, 5.41) is 7.42. The van der Waals surface area contributed by atoms with E-state index in [1.165, 1.54) is 0 Å². The van der Waals surface area contributed by atoms with Crippen molar-refractivity contribution in [3.8, 4) is 0 Å². The van der Waals surface area contributed by atoms with Crippen molar-refractivity contribution in [1.29, 1.82) is 0 Å². The number of hydrogen-bond donors (Lipinski definition) is 1. The first-order chi connectivity index (χ1) is 7.47. The van der Waals surface area contributed by atoms with Gasteiger partial charge in [-0.3, -0.25) is 4.79 Å². The fraction of sp³-hybridized carbons (Fsp3) is 0.636. The van der Waals surface area contributed by atoms with Gasteiger partial charge in [-0.05, 0) is 13.3 Å². The topological polar surface area (TPSA) is 72.8 Å². The van der Waals surface area contributed by atoms with Crippen LogP contribution in [0.25, 0.3) is 0 Å². The first-order valence-corrected chi connectivity index (χ1v) is 5.08. The highest BCUT2D eigenvalue weighted by Crippen LogP contribution is 1.98. The summed E-state index contributed by atoms with van der Waals surface area (Å²) in [6.07, 6.45) is 2.01. The zero-order valence-corrected chi connectivity index (χ0v) is 10.1. The summed E-state index contributed by atoms with van der Waals surface area (Å²) < 4.78 is 10.1. The van der Waals surface area contributed by atoms with Gasteiger partial charge in [-0.1, -0.05) is 13.5 Å². The summed E-state index contributed by atoms with van der Waals surface area (Å²) in [6.45, 7) is 9.24. The maximum atomic E-state index is 10.6. The molecule has 0 radical (unpaired) electrons. The van der Waals surface area contributed by atoms with Gasteiger partial charge in [-0.15, -0.1) is 0 Å². The maximum Gasteiger partial charge on any atom is 0.330 e. The molecule has 16 heavy (non-hydrogen) atoms. The molecule has 0 aliphatic heterocycles. The number of hydrogen-bond acceptors (Lipinski definition) is 4. The Kier molecular flexibility index (Phi) is 12.5. The third-order valence-electron chi connectivity index (χ3n) is 1.44. The number of esters is 1. The summed E-state index contributed by atoms with van der Waals surface area (Å²) in [5.41, 5.74) is 0. The molecule has 0 saturated heterocycles. The molecule has 0 amide bonds. The van der Waals surface area contributed by atoms with Crippen molar-refractivity contribution >= 4 is 11.9 Å². The Morgan fingerprint density at radius 1 is 1.44 bits per heavy atom. The molecule has 0 aromatic heterocycles. The molecule has 5 nitrogen and oxygen atoms in total. The van der Waals surface area contributed by atoms with Gasteiger partial charge < -0.3 is 14.6 Å². The molecule has 0 fully saturated rings. The van der Waals surface area contributed by atoms with Crippen molar-refractivity contribution < 1.29 is 24.2 Å². The second kappa shape index (κ2) is 11.7. The van der Waals surface area contributed by atoms with Crippen molar-refractivity contribution in [3.05, 3.63) is 12.7 Å². The number of carboxylic acid groups (broad SMARTS) is 1. The molecular formula is C11H20O5. The highest BCUT2D eigenvalue weighted by molar-refractivity contribution is 5.81. The van der Waals surface area contributed by atoms with Crippen LogP contribution in [0.5, 0.6) is 0 Å². The van der Waals surface area contributed by atoms with E-state index in [4.69, 9.17) is 19.4 Å². The van der Waals surface area contributed by atoms with Crippen LogP contribution in [0.3, 0.4) is 0 Å². The lowest BCUT2D eigenvalue weighted by Crippen LogP contribution is -2.20. The minimum atomic E-state index is -0.833. The van der Waals surface area contributed by atoms with Crippen LogP contribution in [0.2, 0.25) is 0 Å². The van der Waals surface area contributed by atoms with Crippen LogP contribution < -0.4 is 0 Å². The highest BCUT2D eigenvalue weighted by atomic mass is 16.6. The normalized spacial score (nSPS) is 10.7. The Hall–Kier alpha value is -1.36. The predicted molar refractivity (Wildman–Crippen MR) is 60.2 cm³/mol. The van der Waals surface area contributed by atoms with E-state index in [1.807, 2.05) is 13.8 Å². The number of carbonyl (C=O) groups excluding carboxylic acids is 1. The van der Waals surface area contributed by atoms with Crippen molar-refractivity contribution in [2.75, 3.05) is 13.2 Å². The first-order valence-electron chi connectivity index (χ1n) is 5.08. The minimum Gasteiger partial charge on any atom is -0.481 e. The van der Waals surface area contributed by atoms with E-state index in [9.17, 15) is 4.79 Å². The molecule has 0 rings (SSSR count). The van der Waals surface area contributed by atoms with Gasteiger partial charge in [0.05, 0.1) is 6.10 Å². The molecule has 5 heteroatoms. The average Bonchev–Trinajstić information content (AvgIpc) is 2.22. The fourth-order valence-corrected chi connectivity index (χ4v) is 0.754. The predicted octanol–water partition coefficient (Wildman–Crippen LogP) is 1.62. The maximum absolute atomic E-state index is 10.6. The van der Waals surface area contributed by atoms with E-state index >= 15 is 0 Å². The van der Waals surface area contributed by atoms with Crippen LogP contribution in [-0.2, 0) is 19.1 Å². The Balaban J connectivity index is 0.